The second-order valence-electron chi connectivity index (χ2n) is 4.34. The number of halogens is 1. The number of benzene rings is 1. The third-order valence-electron chi connectivity index (χ3n) is 3.20. The highest BCUT2D eigenvalue weighted by Gasteiger charge is 2.47. The molecular weight excluding hydrogens is 241 g/mol. The molecule has 18 heavy (non-hydrogen) atoms. The number of rotatable bonds is 1. The number of ether oxygens (including phenoxy) is 1. The Kier molecular flexibility index (Phi) is 2.34. The fourth-order valence-corrected chi connectivity index (χ4v) is 2.29. The van der Waals surface area contributed by atoms with Crippen molar-refractivity contribution in [3.05, 3.63) is 24.0 Å². The monoisotopic (exact) mass is 251 g/mol. The van der Waals surface area contributed by atoms with E-state index in [2.05, 4.69) is 0 Å². The first-order valence-corrected chi connectivity index (χ1v) is 5.59. The van der Waals surface area contributed by atoms with E-state index in [9.17, 15) is 14.0 Å². The van der Waals surface area contributed by atoms with E-state index in [0.29, 0.717) is 12.8 Å². The summed E-state index contributed by atoms with van der Waals surface area (Å²) in [5, 5.41) is 9.10. The maximum absolute atomic E-state index is 13.3. The van der Waals surface area contributed by atoms with Gasteiger partial charge in [0.25, 0.3) is 11.8 Å². The molecule has 0 saturated carbocycles. The van der Waals surface area contributed by atoms with E-state index in [0.717, 1.165) is 17.0 Å². The molecule has 3 rings (SSSR count). The normalized spacial score (nSPS) is 26.8. The quantitative estimate of drug-likeness (QED) is 0.755. The lowest BCUT2D eigenvalue weighted by atomic mass is 10.2. The number of amides is 2. The van der Waals surface area contributed by atoms with Crippen LogP contribution in [-0.2, 0) is 14.3 Å². The van der Waals surface area contributed by atoms with Gasteiger partial charge in [0, 0.05) is 6.07 Å². The van der Waals surface area contributed by atoms with Gasteiger partial charge in [-0.15, -0.1) is 0 Å². The molecule has 2 bridgehead atoms. The van der Waals surface area contributed by atoms with Crippen LogP contribution in [-0.4, -0.2) is 29.1 Å². The van der Waals surface area contributed by atoms with Crippen LogP contribution in [0.3, 0.4) is 0 Å². The summed E-state index contributed by atoms with van der Waals surface area (Å²) in [4.78, 5) is 24.9. The number of hydrogen-bond acceptors (Lipinski definition) is 4. The highest BCUT2D eigenvalue weighted by molar-refractivity contribution is 6.19. The molecule has 0 aromatic heterocycles. The Hall–Kier alpha value is -1.95. The third-order valence-corrected chi connectivity index (χ3v) is 3.20. The van der Waals surface area contributed by atoms with Crippen molar-refractivity contribution in [2.75, 3.05) is 4.90 Å². The number of anilines is 1. The van der Waals surface area contributed by atoms with Crippen LogP contribution in [0.15, 0.2) is 18.2 Å². The summed E-state index contributed by atoms with van der Waals surface area (Å²) in [6.07, 6.45) is -0.229. The SMILES string of the molecule is O=C1C2CCC(O2)C(=O)N1c1ccc(O)c(F)c1. The zero-order valence-electron chi connectivity index (χ0n) is 9.30. The Labute approximate surface area is 102 Å². The topological polar surface area (TPSA) is 66.8 Å². The van der Waals surface area contributed by atoms with Crippen LogP contribution in [0, 0.1) is 5.82 Å². The van der Waals surface area contributed by atoms with E-state index in [1.807, 2.05) is 0 Å². The highest BCUT2D eigenvalue weighted by Crippen LogP contribution is 2.32. The summed E-state index contributed by atoms with van der Waals surface area (Å²) in [6, 6.07) is 3.41. The fourth-order valence-electron chi connectivity index (χ4n) is 2.29. The predicted octanol–water partition coefficient (Wildman–Crippen LogP) is 0.952. The Balaban J connectivity index is 2.02. The second-order valence-corrected chi connectivity index (χ2v) is 4.34. The van der Waals surface area contributed by atoms with E-state index >= 15 is 0 Å². The lowest BCUT2D eigenvalue weighted by Gasteiger charge is -2.29. The van der Waals surface area contributed by atoms with E-state index in [1.165, 1.54) is 6.07 Å². The Morgan fingerprint density at radius 1 is 1.22 bits per heavy atom. The summed E-state index contributed by atoms with van der Waals surface area (Å²) < 4.78 is 18.5. The van der Waals surface area contributed by atoms with Crippen molar-refractivity contribution in [2.24, 2.45) is 0 Å². The van der Waals surface area contributed by atoms with Crippen molar-refractivity contribution in [3.63, 3.8) is 0 Å². The predicted molar refractivity (Wildman–Crippen MR) is 58.5 cm³/mol. The third kappa shape index (κ3) is 1.49. The van der Waals surface area contributed by atoms with Crippen molar-refractivity contribution in [3.8, 4) is 5.75 Å². The van der Waals surface area contributed by atoms with Gasteiger partial charge >= 0.3 is 0 Å². The van der Waals surface area contributed by atoms with Gasteiger partial charge in [-0.05, 0) is 25.0 Å². The molecule has 6 heteroatoms. The van der Waals surface area contributed by atoms with Crippen LogP contribution >= 0.6 is 0 Å². The van der Waals surface area contributed by atoms with Crippen LogP contribution < -0.4 is 4.90 Å². The van der Waals surface area contributed by atoms with Crippen LogP contribution in [0.2, 0.25) is 0 Å². The highest BCUT2D eigenvalue weighted by atomic mass is 19.1. The number of imide groups is 1. The van der Waals surface area contributed by atoms with Gasteiger partial charge in [-0.2, -0.15) is 0 Å². The number of hydrogen-bond donors (Lipinski definition) is 1. The van der Waals surface area contributed by atoms with Crippen LogP contribution in [0.5, 0.6) is 5.75 Å². The number of aromatic hydroxyl groups is 1. The van der Waals surface area contributed by atoms with Gasteiger partial charge in [-0.3, -0.25) is 9.59 Å². The lowest BCUT2D eigenvalue weighted by Crippen LogP contribution is -2.52. The molecule has 2 heterocycles. The average Bonchev–Trinajstić information content (AvgIpc) is 2.78. The zero-order valence-corrected chi connectivity index (χ0v) is 9.30. The van der Waals surface area contributed by atoms with Crippen LogP contribution in [0.1, 0.15) is 12.8 Å². The second kappa shape index (κ2) is 3.78. The number of nitrogens with zero attached hydrogens (tertiary/aromatic N) is 1. The molecule has 1 N–H and O–H groups in total. The van der Waals surface area contributed by atoms with Gasteiger partial charge in [-0.25, -0.2) is 9.29 Å². The summed E-state index contributed by atoms with van der Waals surface area (Å²) in [5.74, 6) is -2.33. The number of morpholine rings is 1. The summed E-state index contributed by atoms with van der Waals surface area (Å²) in [5.41, 5.74) is 0.125. The summed E-state index contributed by atoms with van der Waals surface area (Å²) >= 11 is 0. The van der Waals surface area contributed by atoms with E-state index < -0.39 is 35.6 Å². The van der Waals surface area contributed by atoms with Crippen molar-refractivity contribution in [1.82, 2.24) is 0 Å². The van der Waals surface area contributed by atoms with E-state index in [4.69, 9.17) is 9.84 Å². The summed E-state index contributed by atoms with van der Waals surface area (Å²) in [6.45, 7) is 0. The van der Waals surface area contributed by atoms with Gasteiger partial charge in [0.1, 0.15) is 12.2 Å². The molecule has 0 spiro atoms. The first kappa shape index (κ1) is 11.2. The minimum Gasteiger partial charge on any atom is -0.505 e. The molecule has 1 aromatic rings. The molecule has 2 fully saturated rings. The molecule has 2 aliphatic rings. The number of fused-ring (bicyclic) bond motifs is 2. The minimum atomic E-state index is -0.869. The minimum absolute atomic E-state index is 0.125. The Morgan fingerprint density at radius 2 is 1.83 bits per heavy atom. The molecule has 1 aromatic carbocycles. The molecule has 2 atom stereocenters. The Morgan fingerprint density at radius 3 is 2.39 bits per heavy atom. The number of carbonyl (C=O) groups is 2. The van der Waals surface area contributed by atoms with Crippen molar-refractivity contribution >= 4 is 17.5 Å². The van der Waals surface area contributed by atoms with E-state index in [1.54, 1.807) is 0 Å². The van der Waals surface area contributed by atoms with Crippen LogP contribution in [0.25, 0.3) is 0 Å². The molecule has 2 saturated heterocycles. The van der Waals surface area contributed by atoms with Gasteiger partial charge in [0.2, 0.25) is 0 Å². The molecule has 2 unspecified atom stereocenters. The zero-order chi connectivity index (χ0) is 12.9. The lowest BCUT2D eigenvalue weighted by molar-refractivity contribution is -0.146. The average molecular weight is 251 g/mol. The molecule has 0 radical (unpaired) electrons. The number of carbonyl (C=O) groups excluding carboxylic acids is 2. The first-order valence-electron chi connectivity index (χ1n) is 5.59. The van der Waals surface area contributed by atoms with E-state index in [-0.39, 0.29) is 5.69 Å². The van der Waals surface area contributed by atoms with Gasteiger partial charge in [0.15, 0.2) is 11.6 Å². The molecule has 94 valence electrons. The smallest absolute Gasteiger partial charge is 0.262 e. The fraction of sp³-hybridized carbons (Fsp3) is 0.333. The van der Waals surface area contributed by atoms with Crippen molar-refractivity contribution in [2.45, 2.75) is 25.0 Å². The van der Waals surface area contributed by atoms with Gasteiger partial charge in [-0.1, -0.05) is 0 Å². The molecule has 5 nitrogen and oxygen atoms in total. The largest absolute Gasteiger partial charge is 0.505 e. The van der Waals surface area contributed by atoms with Gasteiger partial charge in [0.05, 0.1) is 5.69 Å². The summed E-state index contributed by atoms with van der Waals surface area (Å²) in [7, 11) is 0. The van der Waals surface area contributed by atoms with Gasteiger partial charge < -0.3 is 9.84 Å². The molecule has 0 aliphatic carbocycles. The standard InChI is InChI=1S/C12H10FNO4/c13-7-5-6(1-2-8(7)15)14-11(16)9-3-4-10(18-9)12(14)17/h1-2,5,9-10,15H,3-4H2. The Bertz CT molecular complexity index is 523. The van der Waals surface area contributed by atoms with Crippen molar-refractivity contribution < 1.29 is 23.8 Å². The van der Waals surface area contributed by atoms with Crippen molar-refractivity contribution in [1.29, 1.82) is 0 Å². The first-order chi connectivity index (χ1) is 8.58. The molecular formula is C12H10FNO4. The van der Waals surface area contributed by atoms with Crippen LogP contribution in [0.4, 0.5) is 10.1 Å². The maximum atomic E-state index is 13.3. The number of phenolic OH excluding ortho intramolecular Hbond substituents is 1. The number of phenols is 1. The maximum Gasteiger partial charge on any atom is 0.262 e. The molecule has 2 aliphatic heterocycles. The molecule has 2 amide bonds.